The molecule has 0 saturated heterocycles. The molecule has 25 heavy (non-hydrogen) atoms. The van der Waals surface area contributed by atoms with Crippen LogP contribution in [-0.2, 0) is 19.4 Å². The molecule has 0 bridgehead atoms. The molecule has 0 N–H and O–H groups in total. The van der Waals surface area contributed by atoms with Gasteiger partial charge in [0, 0.05) is 18.5 Å². The van der Waals surface area contributed by atoms with Crippen molar-refractivity contribution in [3.8, 4) is 5.75 Å². The second kappa shape index (κ2) is 7.00. The first-order valence-electron chi connectivity index (χ1n) is 8.85. The maximum atomic E-state index is 5.35. The largest absolute Gasteiger partial charge is 0.497 e. The third-order valence-corrected chi connectivity index (χ3v) is 6.10. The normalized spacial score (nSPS) is 14.2. The Kier molecular flexibility index (Phi) is 4.57. The number of thiophene rings is 1. The van der Waals surface area contributed by atoms with E-state index in [4.69, 9.17) is 4.74 Å². The number of benzene rings is 1. The van der Waals surface area contributed by atoms with Crippen LogP contribution in [0.25, 0.3) is 10.2 Å². The lowest BCUT2D eigenvalue weighted by Gasteiger charge is -2.20. The molecule has 0 unspecified atom stereocenters. The highest BCUT2D eigenvalue weighted by atomic mass is 32.1. The zero-order valence-electron chi connectivity index (χ0n) is 14.8. The van der Waals surface area contributed by atoms with Crippen molar-refractivity contribution in [2.45, 2.75) is 38.6 Å². The summed E-state index contributed by atoms with van der Waals surface area (Å²) in [4.78, 5) is 14.1. The lowest BCUT2D eigenvalue weighted by molar-refractivity contribution is 0.414. The molecule has 2 heterocycles. The number of aromatic nitrogens is 2. The molecule has 4 nitrogen and oxygen atoms in total. The Bertz CT molecular complexity index is 890. The topological polar surface area (TPSA) is 38.2 Å². The van der Waals surface area contributed by atoms with Gasteiger partial charge in [0.15, 0.2) is 0 Å². The molecular formula is C20H23N3OS. The van der Waals surface area contributed by atoms with E-state index < -0.39 is 0 Å². The molecule has 2 aromatic heterocycles. The molecule has 0 amide bonds. The molecule has 0 spiro atoms. The van der Waals surface area contributed by atoms with E-state index in [1.165, 1.54) is 47.1 Å². The number of nitrogens with zero attached hydrogens (tertiary/aromatic N) is 3. The van der Waals surface area contributed by atoms with Crippen molar-refractivity contribution in [2.24, 2.45) is 0 Å². The van der Waals surface area contributed by atoms with Gasteiger partial charge in [-0.05, 0) is 48.9 Å². The van der Waals surface area contributed by atoms with E-state index in [9.17, 15) is 0 Å². The molecule has 3 aromatic rings. The van der Waals surface area contributed by atoms with Gasteiger partial charge in [0.05, 0.1) is 12.5 Å². The third-order valence-electron chi connectivity index (χ3n) is 4.90. The first-order valence-corrected chi connectivity index (χ1v) is 9.67. The van der Waals surface area contributed by atoms with Crippen LogP contribution in [-0.4, -0.2) is 24.1 Å². The maximum absolute atomic E-state index is 5.35. The monoisotopic (exact) mass is 353 g/mol. The van der Waals surface area contributed by atoms with Gasteiger partial charge in [-0.2, -0.15) is 0 Å². The fraction of sp³-hybridized carbons (Fsp3) is 0.400. The molecular weight excluding hydrogens is 330 g/mol. The Balaban J connectivity index is 1.71. The Morgan fingerprint density at radius 3 is 2.92 bits per heavy atom. The minimum atomic E-state index is 0.800. The number of ether oxygens (including phenoxy) is 1. The third kappa shape index (κ3) is 3.21. The number of aryl methyl sites for hydroxylation is 2. The van der Waals surface area contributed by atoms with Gasteiger partial charge in [-0.3, -0.25) is 0 Å². The minimum absolute atomic E-state index is 0.800. The van der Waals surface area contributed by atoms with Gasteiger partial charge in [0.1, 0.15) is 22.7 Å². The van der Waals surface area contributed by atoms with Crippen LogP contribution in [0.3, 0.4) is 0 Å². The summed E-state index contributed by atoms with van der Waals surface area (Å²) in [6, 6.07) is 8.23. The molecule has 4 rings (SSSR count). The highest BCUT2D eigenvalue weighted by molar-refractivity contribution is 7.18. The number of hydrogen-bond donors (Lipinski definition) is 0. The summed E-state index contributed by atoms with van der Waals surface area (Å²) in [5, 5.41) is 1.27. The summed E-state index contributed by atoms with van der Waals surface area (Å²) >= 11 is 1.86. The molecule has 5 heteroatoms. The molecule has 130 valence electrons. The van der Waals surface area contributed by atoms with E-state index in [0.29, 0.717) is 0 Å². The molecule has 0 atom stereocenters. The van der Waals surface area contributed by atoms with Gasteiger partial charge in [0.25, 0.3) is 0 Å². The predicted molar refractivity (Wildman–Crippen MR) is 104 cm³/mol. The smallest absolute Gasteiger partial charge is 0.141 e. The summed E-state index contributed by atoms with van der Waals surface area (Å²) in [5.41, 5.74) is 2.71. The molecule has 1 aromatic carbocycles. The van der Waals surface area contributed by atoms with Gasteiger partial charge in [-0.15, -0.1) is 11.3 Å². The van der Waals surface area contributed by atoms with E-state index in [1.807, 2.05) is 23.5 Å². The van der Waals surface area contributed by atoms with Crippen molar-refractivity contribution in [1.29, 1.82) is 0 Å². The van der Waals surface area contributed by atoms with Gasteiger partial charge < -0.3 is 9.64 Å². The predicted octanol–water partition coefficient (Wildman–Crippen LogP) is 4.61. The zero-order valence-corrected chi connectivity index (χ0v) is 15.6. The van der Waals surface area contributed by atoms with E-state index in [0.717, 1.165) is 29.4 Å². The summed E-state index contributed by atoms with van der Waals surface area (Å²) in [7, 11) is 3.82. The second-order valence-electron chi connectivity index (χ2n) is 6.65. The number of fused-ring (bicyclic) bond motifs is 3. The van der Waals surface area contributed by atoms with Crippen molar-refractivity contribution >= 4 is 27.4 Å². The standard InChI is InChI=1S/C20H23N3OS/c1-23(12-14-7-6-8-15(11-14)24-2)19-18-16-9-4-3-5-10-17(16)25-20(18)22-13-21-19/h6-8,11,13H,3-5,9-10,12H2,1-2H3. The van der Waals surface area contributed by atoms with E-state index >= 15 is 0 Å². The average molecular weight is 353 g/mol. The van der Waals surface area contributed by atoms with Crippen LogP contribution in [0.4, 0.5) is 5.82 Å². The van der Waals surface area contributed by atoms with E-state index in [-0.39, 0.29) is 0 Å². The van der Waals surface area contributed by atoms with Crippen LogP contribution in [0.15, 0.2) is 30.6 Å². The van der Waals surface area contributed by atoms with Gasteiger partial charge in [-0.25, -0.2) is 9.97 Å². The number of hydrogen-bond acceptors (Lipinski definition) is 5. The van der Waals surface area contributed by atoms with Crippen molar-refractivity contribution in [3.05, 3.63) is 46.6 Å². The fourth-order valence-corrected chi connectivity index (χ4v) is 4.88. The van der Waals surface area contributed by atoms with Crippen molar-refractivity contribution in [1.82, 2.24) is 9.97 Å². The first kappa shape index (κ1) is 16.3. The average Bonchev–Trinajstić information content (AvgIpc) is 2.83. The Morgan fingerprint density at radius 2 is 2.04 bits per heavy atom. The van der Waals surface area contributed by atoms with Crippen molar-refractivity contribution in [2.75, 3.05) is 19.1 Å². The van der Waals surface area contributed by atoms with Crippen LogP contribution < -0.4 is 9.64 Å². The fourth-order valence-electron chi connectivity index (χ4n) is 3.66. The molecule has 0 aliphatic heterocycles. The molecule has 1 aliphatic carbocycles. The van der Waals surface area contributed by atoms with Crippen molar-refractivity contribution in [3.63, 3.8) is 0 Å². The zero-order chi connectivity index (χ0) is 17.2. The van der Waals surface area contributed by atoms with Crippen LogP contribution in [0.5, 0.6) is 5.75 Å². The molecule has 0 radical (unpaired) electrons. The Morgan fingerprint density at radius 1 is 1.16 bits per heavy atom. The number of rotatable bonds is 4. The number of anilines is 1. The number of methoxy groups -OCH3 is 1. The van der Waals surface area contributed by atoms with Gasteiger partial charge >= 0.3 is 0 Å². The lowest BCUT2D eigenvalue weighted by Crippen LogP contribution is -2.18. The second-order valence-corrected chi connectivity index (χ2v) is 7.73. The SMILES string of the molecule is COc1cccc(CN(C)c2ncnc3sc4c(c23)CCCCC4)c1. The van der Waals surface area contributed by atoms with E-state index in [1.54, 1.807) is 13.4 Å². The quantitative estimate of drug-likeness (QED) is 0.642. The maximum Gasteiger partial charge on any atom is 0.141 e. The van der Waals surface area contributed by atoms with Crippen molar-refractivity contribution < 1.29 is 4.74 Å². The van der Waals surface area contributed by atoms with Crippen LogP contribution in [0, 0.1) is 0 Å². The highest BCUT2D eigenvalue weighted by Crippen LogP contribution is 2.38. The molecule has 0 fully saturated rings. The van der Waals surface area contributed by atoms with Crippen LogP contribution >= 0.6 is 11.3 Å². The Labute approximate surface area is 152 Å². The summed E-state index contributed by atoms with van der Waals surface area (Å²) in [6.45, 7) is 0.800. The summed E-state index contributed by atoms with van der Waals surface area (Å²) in [5.74, 6) is 1.94. The molecule has 1 aliphatic rings. The summed E-state index contributed by atoms with van der Waals surface area (Å²) < 4.78 is 5.35. The van der Waals surface area contributed by atoms with E-state index in [2.05, 4.69) is 34.0 Å². The summed E-state index contributed by atoms with van der Waals surface area (Å²) in [6.07, 6.45) is 7.94. The highest BCUT2D eigenvalue weighted by Gasteiger charge is 2.20. The minimum Gasteiger partial charge on any atom is -0.497 e. The molecule has 0 saturated carbocycles. The lowest BCUT2D eigenvalue weighted by atomic mass is 10.1. The Hall–Kier alpha value is -2.14. The van der Waals surface area contributed by atoms with Crippen LogP contribution in [0.2, 0.25) is 0 Å². The van der Waals surface area contributed by atoms with Crippen LogP contribution in [0.1, 0.15) is 35.3 Å². The van der Waals surface area contributed by atoms with Gasteiger partial charge in [-0.1, -0.05) is 18.6 Å². The first-order chi connectivity index (χ1) is 12.3. The van der Waals surface area contributed by atoms with Gasteiger partial charge in [0.2, 0.25) is 0 Å².